The molecule has 0 fully saturated rings. The van der Waals surface area contributed by atoms with Crippen LogP contribution in [0.1, 0.15) is 420 Å². The molecule has 5 atom stereocenters. The summed E-state index contributed by atoms with van der Waals surface area (Å²) in [6.07, 6.45) is 61.1. The van der Waals surface area contributed by atoms with Crippen molar-refractivity contribution in [2.75, 3.05) is 39.6 Å². The molecule has 0 saturated heterocycles. The Bertz CT molecular complexity index is 1910. The lowest BCUT2D eigenvalue weighted by Crippen LogP contribution is -2.30. The maximum Gasteiger partial charge on any atom is 0.472 e. The van der Waals surface area contributed by atoms with Gasteiger partial charge < -0.3 is 33.8 Å². The van der Waals surface area contributed by atoms with Crippen molar-refractivity contribution in [1.82, 2.24) is 0 Å². The van der Waals surface area contributed by atoms with E-state index in [4.69, 9.17) is 37.0 Å². The van der Waals surface area contributed by atoms with Gasteiger partial charge in [-0.3, -0.25) is 37.3 Å². The second kappa shape index (κ2) is 71.7. The van der Waals surface area contributed by atoms with Crippen molar-refractivity contribution in [3.63, 3.8) is 0 Å². The lowest BCUT2D eigenvalue weighted by Gasteiger charge is -2.21. The van der Waals surface area contributed by atoms with E-state index in [1.54, 1.807) is 0 Å². The highest BCUT2D eigenvalue weighted by atomic mass is 31.2. The number of esters is 4. The molecule has 0 aliphatic rings. The number of phosphoric acid groups is 2. The van der Waals surface area contributed by atoms with Gasteiger partial charge in [0.25, 0.3) is 0 Å². The first kappa shape index (κ1) is 97.1. The summed E-state index contributed by atoms with van der Waals surface area (Å²) in [5, 5.41) is 10.6. The molecule has 0 aliphatic carbocycles. The molecule has 0 aromatic rings. The van der Waals surface area contributed by atoms with Gasteiger partial charge in [0.2, 0.25) is 0 Å². The Hall–Kier alpha value is -1.94. The van der Waals surface area contributed by atoms with E-state index in [0.717, 1.165) is 102 Å². The molecule has 3 N–H and O–H groups in total. The molecule has 0 aliphatic heterocycles. The summed E-state index contributed by atoms with van der Waals surface area (Å²) in [7, 11) is -9.92. The fourth-order valence-corrected chi connectivity index (χ4v) is 13.9. The number of rotatable bonds is 79. The maximum absolute atomic E-state index is 13.1. The molecule has 0 aromatic heterocycles. The van der Waals surface area contributed by atoms with Gasteiger partial charge in [0.05, 0.1) is 26.4 Å². The average Bonchev–Trinajstić information content (AvgIpc) is 0.969. The van der Waals surface area contributed by atoms with E-state index in [1.165, 1.54) is 231 Å². The van der Waals surface area contributed by atoms with Crippen molar-refractivity contribution in [1.29, 1.82) is 0 Å². The molecule has 0 rings (SSSR count). The van der Waals surface area contributed by atoms with E-state index >= 15 is 0 Å². The monoisotopic (exact) mass is 1450 g/mol. The van der Waals surface area contributed by atoms with E-state index in [0.29, 0.717) is 31.6 Å². The van der Waals surface area contributed by atoms with Gasteiger partial charge in [0, 0.05) is 25.7 Å². The third kappa shape index (κ3) is 74.1. The molecule has 0 amide bonds. The minimum atomic E-state index is -4.96. The molecule has 0 heterocycles. The van der Waals surface area contributed by atoms with E-state index in [9.17, 15) is 43.2 Å². The lowest BCUT2D eigenvalue weighted by molar-refractivity contribution is -0.161. The number of carbonyl (C=O) groups excluding carboxylic acids is 4. The van der Waals surface area contributed by atoms with Crippen LogP contribution < -0.4 is 0 Å². The predicted molar refractivity (Wildman–Crippen MR) is 405 cm³/mol. The van der Waals surface area contributed by atoms with E-state index in [1.807, 2.05) is 0 Å². The minimum absolute atomic E-state index is 0.107. The number of unbranched alkanes of at least 4 members (excludes halogenated alkanes) is 49. The first-order valence-electron chi connectivity index (χ1n) is 41.5. The first-order valence-corrected chi connectivity index (χ1v) is 44.5. The number of carbonyl (C=O) groups is 4. The Morgan fingerprint density at radius 3 is 0.687 bits per heavy atom. The topological polar surface area (TPSA) is 237 Å². The van der Waals surface area contributed by atoms with E-state index in [-0.39, 0.29) is 25.7 Å². The molecule has 17 nitrogen and oxygen atoms in total. The standard InChI is InChI=1S/C80H156O17P2/c1-7-9-11-13-15-17-19-21-23-24-25-26-27-28-30-36-40-46-53-59-65-79(84)96-75(68-90-77(82)62-56-50-44-38-34-32-31-33-37-42-48-54-60-72(3)4)70-94-98(86,87)92-66-74(81)67-93-99(88,89)95-71-76(69-91-78(83)63-57-51-47-41-43-49-55-61-73(5)6)97-80(85)64-58-52-45-39-35-29-22-20-18-16-14-12-10-8-2/h72-76,81H,7-71H2,1-6H3,(H,86,87)(H,88,89)/t74-,75-,76-/m1/s1. The number of phosphoric ester groups is 2. The number of aliphatic hydroxyl groups is 1. The summed E-state index contributed by atoms with van der Waals surface area (Å²) in [6.45, 7) is 9.59. The van der Waals surface area contributed by atoms with Crippen LogP contribution in [-0.4, -0.2) is 96.7 Å². The van der Waals surface area contributed by atoms with Crippen molar-refractivity contribution in [2.24, 2.45) is 11.8 Å². The Kier molecular flexibility index (Phi) is 70.3. The van der Waals surface area contributed by atoms with Crippen LogP contribution >= 0.6 is 15.6 Å². The number of ether oxygens (including phenoxy) is 4. The third-order valence-corrected chi connectivity index (χ3v) is 20.6. The largest absolute Gasteiger partial charge is 0.472 e. The lowest BCUT2D eigenvalue weighted by atomic mass is 10.0. The molecule has 0 aromatic carbocycles. The van der Waals surface area contributed by atoms with Gasteiger partial charge in [-0.15, -0.1) is 0 Å². The SMILES string of the molecule is CCCCCCCCCCCCCCCCCCCCCCC(=O)O[C@H](COC(=O)CCCCCCCCCCCCCCC(C)C)COP(=O)(O)OC[C@@H](O)COP(=O)(O)OC[C@@H](COC(=O)CCCCCCCCCC(C)C)OC(=O)CCCCCCCCCCCCCCCC. The molecule has 2 unspecified atom stereocenters. The van der Waals surface area contributed by atoms with Crippen LogP contribution in [0.4, 0.5) is 0 Å². The molecule has 0 saturated carbocycles. The zero-order chi connectivity index (χ0) is 72.8. The fourth-order valence-electron chi connectivity index (χ4n) is 12.4. The normalized spacial score (nSPS) is 13.9. The highest BCUT2D eigenvalue weighted by Crippen LogP contribution is 2.45. The Balaban J connectivity index is 5.23. The number of hydrogen-bond donors (Lipinski definition) is 3. The van der Waals surface area contributed by atoms with Crippen molar-refractivity contribution in [3.05, 3.63) is 0 Å². The number of aliphatic hydroxyl groups excluding tert-OH is 1. The molecule has 0 spiro atoms. The zero-order valence-electron chi connectivity index (χ0n) is 64.8. The molecule has 19 heteroatoms. The summed E-state index contributed by atoms with van der Waals surface area (Å²) < 4.78 is 68.7. The molecular formula is C80H156O17P2. The van der Waals surface area contributed by atoms with E-state index in [2.05, 4.69) is 41.5 Å². The second-order valence-corrected chi connectivity index (χ2v) is 32.7. The third-order valence-electron chi connectivity index (χ3n) is 18.7. The molecule has 0 bridgehead atoms. The summed E-state index contributed by atoms with van der Waals surface area (Å²) in [5.74, 6) is -0.623. The maximum atomic E-state index is 13.1. The van der Waals surface area contributed by atoms with Gasteiger partial charge in [-0.05, 0) is 37.5 Å². The predicted octanol–water partition coefficient (Wildman–Crippen LogP) is 23.9. The summed E-state index contributed by atoms with van der Waals surface area (Å²) >= 11 is 0. The van der Waals surface area contributed by atoms with E-state index < -0.39 is 97.5 Å². The van der Waals surface area contributed by atoms with Gasteiger partial charge in [-0.25, -0.2) is 9.13 Å². The summed E-state index contributed by atoms with van der Waals surface area (Å²) in [5.41, 5.74) is 0. The molecule has 99 heavy (non-hydrogen) atoms. The van der Waals surface area contributed by atoms with Crippen LogP contribution in [0.5, 0.6) is 0 Å². The van der Waals surface area contributed by atoms with Crippen molar-refractivity contribution in [2.45, 2.75) is 439 Å². The highest BCUT2D eigenvalue weighted by Gasteiger charge is 2.30. The number of hydrogen-bond acceptors (Lipinski definition) is 15. The van der Waals surface area contributed by atoms with Gasteiger partial charge in [0.1, 0.15) is 19.3 Å². The van der Waals surface area contributed by atoms with Crippen molar-refractivity contribution < 1.29 is 80.2 Å². The Labute approximate surface area is 607 Å². The molecule has 0 radical (unpaired) electrons. The van der Waals surface area contributed by atoms with Crippen molar-refractivity contribution in [3.8, 4) is 0 Å². The average molecular weight is 1450 g/mol. The zero-order valence-corrected chi connectivity index (χ0v) is 66.6. The smallest absolute Gasteiger partial charge is 0.462 e. The van der Waals surface area contributed by atoms with Gasteiger partial charge in [-0.1, -0.05) is 369 Å². The first-order chi connectivity index (χ1) is 47.9. The minimum Gasteiger partial charge on any atom is -0.462 e. The summed E-state index contributed by atoms with van der Waals surface area (Å²) in [4.78, 5) is 73.0. The molecular weight excluding hydrogens is 1290 g/mol. The van der Waals surface area contributed by atoms with Gasteiger partial charge in [-0.2, -0.15) is 0 Å². The highest BCUT2D eigenvalue weighted by molar-refractivity contribution is 7.47. The van der Waals surface area contributed by atoms with Crippen LogP contribution in [-0.2, 0) is 65.4 Å². The van der Waals surface area contributed by atoms with Crippen LogP contribution in [0.15, 0.2) is 0 Å². The Morgan fingerprint density at radius 1 is 0.273 bits per heavy atom. The Morgan fingerprint density at radius 2 is 0.465 bits per heavy atom. The van der Waals surface area contributed by atoms with Crippen LogP contribution in [0.2, 0.25) is 0 Å². The molecule has 588 valence electrons. The second-order valence-electron chi connectivity index (χ2n) is 29.8. The summed E-state index contributed by atoms with van der Waals surface area (Å²) in [6, 6.07) is 0. The van der Waals surface area contributed by atoms with Crippen molar-refractivity contribution >= 4 is 39.5 Å². The van der Waals surface area contributed by atoms with Crippen LogP contribution in [0.3, 0.4) is 0 Å². The quantitative estimate of drug-likeness (QED) is 0.0222. The van der Waals surface area contributed by atoms with Crippen LogP contribution in [0.25, 0.3) is 0 Å². The fraction of sp³-hybridized carbons (Fsp3) is 0.950. The van der Waals surface area contributed by atoms with Gasteiger partial charge in [0.15, 0.2) is 12.2 Å². The van der Waals surface area contributed by atoms with Crippen LogP contribution in [0, 0.1) is 11.8 Å². The van der Waals surface area contributed by atoms with Gasteiger partial charge >= 0.3 is 39.5 Å².